The molecular weight excluding hydrogens is 260 g/mol. The van der Waals surface area contributed by atoms with Gasteiger partial charge in [-0.1, -0.05) is 12.1 Å². The SMILES string of the molecule is COc1ccc(CN(C)C(=O)NCCC(=O)O)cc1C. The Balaban J connectivity index is 2.52. The Bertz CT molecular complexity index is 488. The van der Waals surface area contributed by atoms with Crippen LogP contribution in [0, 0.1) is 6.92 Å². The molecule has 0 unspecified atom stereocenters. The molecule has 2 amide bonds. The van der Waals surface area contributed by atoms with Crippen molar-refractivity contribution in [2.75, 3.05) is 20.7 Å². The first-order valence-corrected chi connectivity index (χ1v) is 6.28. The van der Waals surface area contributed by atoms with Gasteiger partial charge in [0.2, 0.25) is 0 Å². The number of carboxylic acid groups (broad SMARTS) is 1. The van der Waals surface area contributed by atoms with Gasteiger partial charge in [0, 0.05) is 20.1 Å². The van der Waals surface area contributed by atoms with E-state index in [4.69, 9.17) is 9.84 Å². The number of aryl methyl sites for hydroxylation is 1. The number of amides is 2. The number of hydrogen-bond donors (Lipinski definition) is 2. The maximum absolute atomic E-state index is 11.7. The van der Waals surface area contributed by atoms with E-state index in [0.29, 0.717) is 6.54 Å². The van der Waals surface area contributed by atoms with Crippen molar-refractivity contribution in [1.82, 2.24) is 10.2 Å². The van der Waals surface area contributed by atoms with Gasteiger partial charge in [0.1, 0.15) is 5.75 Å². The Morgan fingerprint density at radius 2 is 2.10 bits per heavy atom. The standard InChI is InChI=1S/C14H20N2O4/c1-10-8-11(4-5-12(10)20-3)9-16(2)14(19)15-7-6-13(17)18/h4-5,8H,6-7,9H2,1-3H3,(H,15,19)(H,17,18). The number of hydrogen-bond acceptors (Lipinski definition) is 3. The Morgan fingerprint density at radius 1 is 1.40 bits per heavy atom. The molecule has 2 N–H and O–H groups in total. The van der Waals surface area contributed by atoms with E-state index in [9.17, 15) is 9.59 Å². The molecule has 0 heterocycles. The molecule has 0 radical (unpaired) electrons. The summed E-state index contributed by atoms with van der Waals surface area (Å²) in [6.45, 7) is 2.51. The molecule has 20 heavy (non-hydrogen) atoms. The number of carboxylic acids is 1. The van der Waals surface area contributed by atoms with Crippen LogP contribution in [0.2, 0.25) is 0 Å². The summed E-state index contributed by atoms with van der Waals surface area (Å²) < 4.78 is 5.18. The Morgan fingerprint density at radius 3 is 2.65 bits per heavy atom. The zero-order chi connectivity index (χ0) is 15.1. The minimum Gasteiger partial charge on any atom is -0.496 e. The number of urea groups is 1. The molecule has 0 fully saturated rings. The summed E-state index contributed by atoms with van der Waals surface area (Å²) in [5, 5.41) is 11.1. The fourth-order valence-electron chi connectivity index (χ4n) is 1.80. The van der Waals surface area contributed by atoms with Crippen LogP contribution in [0.3, 0.4) is 0 Å². The van der Waals surface area contributed by atoms with Gasteiger partial charge in [-0.2, -0.15) is 0 Å². The Kier molecular flexibility index (Phi) is 5.83. The van der Waals surface area contributed by atoms with Crippen molar-refractivity contribution in [1.29, 1.82) is 0 Å². The number of nitrogens with zero attached hydrogens (tertiary/aromatic N) is 1. The van der Waals surface area contributed by atoms with E-state index in [2.05, 4.69) is 5.32 Å². The lowest BCUT2D eigenvalue weighted by atomic mass is 10.1. The largest absolute Gasteiger partial charge is 0.496 e. The molecule has 0 bridgehead atoms. The molecular formula is C14H20N2O4. The monoisotopic (exact) mass is 280 g/mol. The van der Waals surface area contributed by atoms with Crippen LogP contribution < -0.4 is 10.1 Å². The third kappa shape index (κ3) is 4.79. The highest BCUT2D eigenvalue weighted by molar-refractivity contribution is 5.75. The molecule has 110 valence electrons. The van der Waals surface area contributed by atoms with E-state index in [0.717, 1.165) is 16.9 Å². The Hall–Kier alpha value is -2.24. The second-order valence-corrected chi connectivity index (χ2v) is 4.54. The van der Waals surface area contributed by atoms with Crippen LogP contribution in [0.4, 0.5) is 4.79 Å². The van der Waals surface area contributed by atoms with Gasteiger partial charge in [-0.05, 0) is 24.1 Å². The molecule has 0 saturated heterocycles. The number of methoxy groups -OCH3 is 1. The predicted octanol–water partition coefficient (Wildman–Crippen LogP) is 1.62. The normalized spacial score (nSPS) is 9.95. The van der Waals surface area contributed by atoms with Gasteiger partial charge in [0.25, 0.3) is 0 Å². The first-order chi connectivity index (χ1) is 9.43. The topological polar surface area (TPSA) is 78.9 Å². The van der Waals surface area contributed by atoms with E-state index in [1.165, 1.54) is 4.90 Å². The third-order valence-electron chi connectivity index (χ3n) is 2.84. The van der Waals surface area contributed by atoms with Crippen molar-refractivity contribution in [2.24, 2.45) is 0 Å². The lowest BCUT2D eigenvalue weighted by Gasteiger charge is -2.18. The van der Waals surface area contributed by atoms with Gasteiger partial charge in [-0.15, -0.1) is 0 Å². The number of carbonyl (C=O) groups is 2. The molecule has 1 rings (SSSR count). The fourth-order valence-corrected chi connectivity index (χ4v) is 1.80. The van der Waals surface area contributed by atoms with E-state index in [1.54, 1.807) is 14.2 Å². The number of carbonyl (C=O) groups excluding carboxylic acids is 1. The Labute approximate surface area is 118 Å². The molecule has 1 aromatic rings. The van der Waals surface area contributed by atoms with Gasteiger partial charge in [0.05, 0.1) is 13.5 Å². The van der Waals surface area contributed by atoms with Gasteiger partial charge in [-0.3, -0.25) is 4.79 Å². The molecule has 0 aliphatic rings. The highest BCUT2D eigenvalue weighted by Gasteiger charge is 2.10. The van der Waals surface area contributed by atoms with Crippen molar-refractivity contribution in [3.8, 4) is 5.75 Å². The molecule has 6 heteroatoms. The first kappa shape index (κ1) is 15.8. The third-order valence-corrected chi connectivity index (χ3v) is 2.84. The van der Waals surface area contributed by atoms with Crippen LogP contribution in [-0.2, 0) is 11.3 Å². The van der Waals surface area contributed by atoms with Crippen LogP contribution in [0.1, 0.15) is 17.5 Å². The molecule has 0 aromatic heterocycles. The van der Waals surface area contributed by atoms with Crippen molar-refractivity contribution in [2.45, 2.75) is 19.9 Å². The highest BCUT2D eigenvalue weighted by Crippen LogP contribution is 2.19. The summed E-state index contributed by atoms with van der Waals surface area (Å²) in [6, 6.07) is 5.42. The molecule has 6 nitrogen and oxygen atoms in total. The zero-order valence-corrected chi connectivity index (χ0v) is 12.0. The van der Waals surface area contributed by atoms with Crippen LogP contribution >= 0.6 is 0 Å². The molecule has 0 aliphatic heterocycles. The van der Waals surface area contributed by atoms with Crippen molar-refractivity contribution in [3.63, 3.8) is 0 Å². The second-order valence-electron chi connectivity index (χ2n) is 4.54. The molecule has 1 aromatic carbocycles. The van der Waals surface area contributed by atoms with Gasteiger partial charge < -0.3 is 20.1 Å². The predicted molar refractivity (Wildman–Crippen MR) is 74.8 cm³/mol. The zero-order valence-electron chi connectivity index (χ0n) is 12.0. The number of nitrogens with one attached hydrogen (secondary N) is 1. The number of aliphatic carboxylic acids is 1. The van der Waals surface area contributed by atoms with Gasteiger partial charge in [0.15, 0.2) is 0 Å². The minimum atomic E-state index is -0.932. The van der Waals surface area contributed by atoms with E-state index >= 15 is 0 Å². The highest BCUT2D eigenvalue weighted by atomic mass is 16.5. The van der Waals surface area contributed by atoms with E-state index < -0.39 is 5.97 Å². The molecule has 0 spiro atoms. The van der Waals surface area contributed by atoms with Crippen LogP contribution in [0.5, 0.6) is 5.75 Å². The summed E-state index contributed by atoms with van der Waals surface area (Å²) in [7, 11) is 3.28. The lowest BCUT2D eigenvalue weighted by Crippen LogP contribution is -2.37. The number of ether oxygens (including phenoxy) is 1. The quantitative estimate of drug-likeness (QED) is 0.830. The van der Waals surface area contributed by atoms with Crippen molar-refractivity contribution < 1.29 is 19.4 Å². The molecule has 0 atom stereocenters. The van der Waals surface area contributed by atoms with Crippen molar-refractivity contribution in [3.05, 3.63) is 29.3 Å². The second kappa shape index (κ2) is 7.37. The lowest BCUT2D eigenvalue weighted by molar-refractivity contribution is -0.136. The maximum atomic E-state index is 11.7. The minimum absolute atomic E-state index is 0.0821. The van der Waals surface area contributed by atoms with Crippen molar-refractivity contribution >= 4 is 12.0 Å². The first-order valence-electron chi connectivity index (χ1n) is 6.28. The number of benzene rings is 1. The summed E-state index contributed by atoms with van der Waals surface area (Å²) in [5.74, 6) is -0.124. The summed E-state index contributed by atoms with van der Waals surface area (Å²) in [6.07, 6.45) is -0.0821. The van der Waals surface area contributed by atoms with Crippen LogP contribution in [0.15, 0.2) is 18.2 Å². The summed E-state index contributed by atoms with van der Waals surface area (Å²) in [4.78, 5) is 23.6. The smallest absolute Gasteiger partial charge is 0.317 e. The fraction of sp³-hybridized carbons (Fsp3) is 0.429. The van der Waals surface area contributed by atoms with E-state index in [-0.39, 0.29) is 19.0 Å². The average Bonchev–Trinajstić information content (AvgIpc) is 2.38. The van der Waals surface area contributed by atoms with Crippen LogP contribution in [-0.4, -0.2) is 42.7 Å². The summed E-state index contributed by atoms with van der Waals surface area (Å²) in [5.41, 5.74) is 1.99. The molecule has 0 saturated carbocycles. The van der Waals surface area contributed by atoms with E-state index in [1.807, 2.05) is 25.1 Å². The average molecular weight is 280 g/mol. The van der Waals surface area contributed by atoms with Crippen LogP contribution in [0.25, 0.3) is 0 Å². The molecule has 0 aliphatic carbocycles. The number of rotatable bonds is 6. The van der Waals surface area contributed by atoms with Gasteiger partial charge in [-0.25, -0.2) is 4.79 Å². The maximum Gasteiger partial charge on any atom is 0.317 e. The summed E-state index contributed by atoms with van der Waals surface area (Å²) >= 11 is 0. The van der Waals surface area contributed by atoms with Gasteiger partial charge >= 0.3 is 12.0 Å².